The number of sulfone groups is 1. The molecule has 1 fully saturated rings. The Balaban J connectivity index is 1.33. The molecule has 0 unspecified atom stereocenters. The Hall–Kier alpha value is -4.51. The summed E-state index contributed by atoms with van der Waals surface area (Å²) < 4.78 is 72.7. The molecular weight excluding hydrogens is 627 g/mol. The number of nitrogens with one attached hydrogen (secondary N) is 1. The Bertz CT molecular complexity index is 1790. The van der Waals surface area contributed by atoms with Gasteiger partial charge in [-0.1, -0.05) is 0 Å². The molecule has 0 atom stereocenters. The fourth-order valence-electron chi connectivity index (χ4n) is 5.22. The maximum atomic E-state index is 13.9. The summed E-state index contributed by atoms with van der Waals surface area (Å²) in [5.74, 6) is 0.0779. The molecule has 1 aliphatic rings. The van der Waals surface area contributed by atoms with Crippen molar-refractivity contribution in [2.24, 2.45) is 7.05 Å². The van der Waals surface area contributed by atoms with Gasteiger partial charge in [-0.2, -0.15) is 18.3 Å². The smallest absolute Gasteiger partial charge is 0.372 e. The first-order chi connectivity index (χ1) is 21.8. The van der Waals surface area contributed by atoms with E-state index in [9.17, 15) is 26.4 Å². The van der Waals surface area contributed by atoms with Gasteiger partial charge in [-0.3, -0.25) is 24.3 Å². The van der Waals surface area contributed by atoms with Crippen LogP contribution in [-0.4, -0.2) is 80.6 Å². The van der Waals surface area contributed by atoms with Crippen molar-refractivity contribution in [2.75, 3.05) is 29.7 Å². The zero-order chi connectivity index (χ0) is 33.1. The molecule has 0 bridgehead atoms. The summed E-state index contributed by atoms with van der Waals surface area (Å²) in [5, 5.41) is 7.26. The Kier molecular flexibility index (Phi) is 9.62. The molecule has 1 amide bonds. The van der Waals surface area contributed by atoms with Crippen molar-refractivity contribution in [2.45, 2.75) is 55.8 Å². The van der Waals surface area contributed by atoms with Crippen molar-refractivity contribution in [3.8, 4) is 22.5 Å². The number of carbonyl (C=O) groups is 1. The lowest BCUT2D eigenvalue weighted by Gasteiger charge is -2.36. The molecule has 0 saturated heterocycles. The predicted molar refractivity (Wildman–Crippen MR) is 161 cm³/mol. The summed E-state index contributed by atoms with van der Waals surface area (Å²) in [6, 6.07) is 0.678. The second-order valence-corrected chi connectivity index (χ2v) is 12.9. The molecule has 1 aliphatic carbocycles. The Labute approximate surface area is 263 Å². The molecule has 4 aromatic rings. The van der Waals surface area contributed by atoms with Crippen LogP contribution in [-0.2, 0) is 32.6 Å². The Morgan fingerprint density at radius 3 is 2.41 bits per heavy atom. The summed E-state index contributed by atoms with van der Waals surface area (Å²) in [4.78, 5) is 35.5. The number of carbonyl (C=O) groups excluding carboxylic acids is 1. The highest BCUT2D eigenvalue weighted by Gasteiger charge is 2.36. The second-order valence-electron chi connectivity index (χ2n) is 10.8. The van der Waals surface area contributed by atoms with Gasteiger partial charge in [-0.25, -0.2) is 23.4 Å². The number of rotatable bonds is 10. The van der Waals surface area contributed by atoms with Crippen LogP contribution < -0.4 is 10.2 Å². The van der Waals surface area contributed by atoms with E-state index >= 15 is 0 Å². The normalized spacial score (nSPS) is 17.1. The van der Waals surface area contributed by atoms with Crippen molar-refractivity contribution < 1.29 is 31.1 Å². The van der Waals surface area contributed by atoms with Crippen LogP contribution in [0.25, 0.3) is 22.5 Å². The first-order valence-corrected chi connectivity index (χ1v) is 16.3. The van der Waals surface area contributed by atoms with Crippen LogP contribution in [0.3, 0.4) is 0 Å². The molecule has 4 aromatic heterocycles. The molecule has 46 heavy (non-hydrogen) atoms. The Morgan fingerprint density at radius 1 is 1.04 bits per heavy atom. The number of nitrogens with zero attached hydrogens (tertiary/aromatic N) is 8. The van der Waals surface area contributed by atoms with E-state index in [0.717, 1.165) is 30.3 Å². The largest absolute Gasteiger partial charge is 0.419 e. The average Bonchev–Trinajstić information content (AvgIpc) is 3.46. The van der Waals surface area contributed by atoms with Crippen molar-refractivity contribution in [1.82, 2.24) is 34.7 Å². The van der Waals surface area contributed by atoms with Gasteiger partial charge in [0.05, 0.1) is 34.9 Å². The van der Waals surface area contributed by atoms with Gasteiger partial charge < -0.3 is 10.1 Å². The fraction of sp³-hybridized carbons (Fsp3) is 0.414. The molecule has 13 nitrogen and oxygen atoms in total. The number of aromatic nitrogens is 7. The third-order valence-corrected chi connectivity index (χ3v) is 8.57. The zero-order valence-electron chi connectivity index (χ0n) is 25.3. The van der Waals surface area contributed by atoms with Crippen molar-refractivity contribution in [3.63, 3.8) is 0 Å². The maximum Gasteiger partial charge on any atom is 0.419 e. The Morgan fingerprint density at radius 2 is 1.80 bits per heavy atom. The van der Waals surface area contributed by atoms with Crippen molar-refractivity contribution in [1.29, 1.82) is 0 Å². The molecule has 17 heteroatoms. The van der Waals surface area contributed by atoms with Crippen LogP contribution in [0.2, 0.25) is 0 Å². The third-order valence-electron chi connectivity index (χ3n) is 7.49. The highest BCUT2D eigenvalue weighted by Crippen LogP contribution is 2.37. The van der Waals surface area contributed by atoms with Crippen LogP contribution in [0.5, 0.6) is 0 Å². The van der Waals surface area contributed by atoms with Gasteiger partial charge >= 0.3 is 6.18 Å². The van der Waals surface area contributed by atoms with Gasteiger partial charge in [-0.15, -0.1) is 0 Å². The first-order valence-electron chi connectivity index (χ1n) is 14.4. The highest BCUT2D eigenvalue weighted by molar-refractivity contribution is 7.90. The molecule has 5 rings (SSSR count). The van der Waals surface area contributed by atoms with E-state index in [1.165, 1.54) is 0 Å². The topological polar surface area (TPSA) is 158 Å². The summed E-state index contributed by atoms with van der Waals surface area (Å²) in [7, 11) is -1.93. The molecule has 0 spiro atoms. The van der Waals surface area contributed by atoms with E-state index in [-0.39, 0.29) is 41.0 Å². The lowest BCUT2D eigenvalue weighted by atomic mass is 9.90. The summed E-state index contributed by atoms with van der Waals surface area (Å²) in [6.45, 7) is 2.04. The van der Waals surface area contributed by atoms with Gasteiger partial charge in [0.15, 0.2) is 15.7 Å². The quantitative estimate of drug-likeness (QED) is 0.263. The summed E-state index contributed by atoms with van der Waals surface area (Å²) >= 11 is 0. The number of hydrogen-bond donors (Lipinski definition) is 1. The molecule has 4 heterocycles. The highest BCUT2D eigenvalue weighted by atomic mass is 32.2. The number of hydrogen-bond acceptors (Lipinski definition) is 11. The van der Waals surface area contributed by atoms with Gasteiger partial charge in [0.25, 0.3) is 5.91 Å². The van der Waals surface area contributed by atoms with Gasteiger partial charge in [0.1, 0.15) is 12.2 Å². The second kappa shape index (κ2) is 13.5. The predicted octanol–water partition coefficient (Wildman–Crippen LogP) is 3.94. The van der Waals surface area contributed by atoms with Crippen molar-refractivity contribution >= 4 is 27.5 Å². The maximum absolute atomic E-state index is 13.9. The molecule has 0 aliphatic heterocycles. The lowest BCUT2D eigenvalue weighted by molar-refractivity contribution is -0.137. The minimum Gasteiger partial charge on any atom is -0.372 e. The van der Waals surface area contributed by atoms with Crippen LogP contribution >= 0.6 is 0 Å². The summed E-state index contributed by atoms with van der Waals surface area (Å²) in [5.41, 5.74) is -0.320. The number of alkyl halides is 3. The average molecular weight is 660 g/mol. The molecular formula is C29H32F3N9O4S. The van der Waals surface area contributed by atoms with E-state index in [1.807, 2.05) is 6.20 Å². The minimum absolute atomic E-state index is 0.0441. The standard InChI is InChI=1S/C29H32F3N9O4S/c1-4-45-17-26(42)41(25-15-34-24(14-35-25)19-11-37-40(2)16-19)21-7-5-20(6-8-21)38-28-36-13-23(29(30,31)32)27(39-28)18-9-22(12-33-10-18)46(3,43)44/h9-16,20-21H,4-8,17H2,1-3H3,(H,36,38,39)/t20-,21-. The van der Waals surface area contributed by atoms with Crippen LogP contribution in [0, 0.1) is 0 Å². The zero-order valence-corrected chi connectivity index (χ0v) is 26.1. The third kappa shape index (κ3) is 7.64. The number of aryl methyl sites for hydroxylation is 1. The number of pyridine rings is 1. The first kappa shape index (κ1) is 32.9. The van der Waals surface area contributed by atoms with Crippen LogP contribution in [0.4, 0.5) is 24.9 Å². The van der Waals surface area contributed by atoms with E-state index < -0.39 is 27.3 Å². The van der Waals surface area contributed by atoms with Gasteiger partial charge in [-0.05, 0) is 38.7 Å². The summed E-state index contributed by atoms with van der Waals surface area (Å²) in [6.07, 6.45) is 7.82. The fourth-order valence-corrected chi connectivity index (χ4v) is 5.81. The van der Waals surface area contributed by atoms with E-state index in [1.54, 1.807) is 42.1 Å². The number of ether oxygens (including phenoxy) is 1. The van der Waals surface area contributed by atoms with Gasteiger partial charge in [0, 0.05) is 67.9 Å². The SMILES string of the molecule is CCOCC(=O)N(c1cnc(-c2cnn(C)c2)cn1)[C@H]1CC[C@H](Nc2ncc(C(F)(F)F)c(-c3cncc(S(C)(=O)=O)c3)n2)CC1. The number of halogens is 3. The number of amides is 1. The van der Waals surface area contributed by atoms with Crippen molar-refractivity contribution in [3.05, 3.63) is 55.0 Å². The molecule has 0 aromatic carbocycles. The lowest BCUT2D eigenvalue weighted by Crippen LogP contribution is -2.46. The molecule has 0 radical (unpaired) electrons. The van der Waals surface area contributed by atoms with Gasteiger partial charge in [0.2, 0.25) is 5.95 Å². The molecule has 1 N–H and O–H groups in total. The minimum atomic E-state index is -4.79. The molecule has 244 valence electrons. The number of anilines is 2. The van der Waals surface area contributed by atoms with E-state index in [0.29, 0.717) is 50.0 Å². The van der Waals surface area contributed by atoms with Crippen LogP contribution in [0.15, 0.2) is 54.3 Å². The molecule has 1 saturated carbocycles. The monoisotopic (exact) mass is 659 g/mol. The van der Waals surface area contributed by atoms with E-state index in [4.69, 9.17) is 4.74 Å². The van der Waals surface area contributed by atoms with Crippen LogP contribution in [0.1, 0.15) is 38.2 Å². The van der Waals surface area contributed by atoms with E-state index in [2.05, 4.69) is 35.3 Å².